The van der Waals surface area contributed by atoms with Crippen LogP contribution in [-0.4, -0.2) is 0 Å². The molecule has 0 spiro atoms. The van der Waals surface area contributed by atoms with Crippen LogP contribution in [0.5, 0.6) is 0 Å². The van der Waals surface area contributed by atoms with Crippen molar-refractivity contribution in [1.29, 1.82) is 0 Å². The van der Waals surface area contributed by atoms with Crippen molar-refractivity contribution < 1.29 is 21.1 Å². The van der Waals surface area contributed by atoms with Gasteiger partial charge in [0.05, 0.1) is 0 Å². The van der Waals surface area contributed by atoms with Gasteiger partial charge in [-0.25, -0.2) is 0 Å². The van der Waals surface area contributed by atoms with E-state index in [9.17, 15) is 0 Å². The Labute approximate surface area is 127 Å². The Kier molecular flexibility index (Phi) is 4.71. The van der Waals surface area contributed by atoms with Crippen LogP contribution in [0.25, 0.3) is 21.5 Å². The summed E-state index contributed by atoms with van der Waals surface area (Å²) in [5.41, 5.74) is 0. The second-order valence-electron chi connectivity index (χ2n) is 4.31. The number of rotatable bonds is 0. The molecular weight excluding hydrogens is 400 g/mol. The fraction of sp³-hybridized carbons (Fsp3) is 0. The Bertz CT molecular complexity index is 620. The van der Waals surface area contributed by atoms with E-state index in [1.807, 2.05) is 0 Å². The summed E-state index contributed by atoms with van der Waals surface area (Å²) in [5, 5.41) is 5.32. The zero-order valence-corrected chi connectivity index (χ0v) is 13.4. The van der Waals surface area contributed by atoms with Crippen molar-refractivity contribution in [2.45, 2.75) is 0 Å². The second-order valence-corrected chi connectivity index (χ2v) is 4.31. The molecule has 0 bridgehead atoms. The third-order valence-corrected chi connectivity index (χ3v) is 3.10. The number of fused-ring (bicyclic) bond motifs is 2. The van der Waals surface area contributed by atoms with Gasteiger partial charge in [0.2, 0.25) is 0 Å². The Morgan fingerprint density at radius 3 is 1.37 bits per heavy atom. The molecule has 4 rings (SSSR count). The fourth-order valence-electron chi connectivity index (χ4n) is 2.14. The molecule has 4 aromatic carbocycles. The molecule has 0 aliphatic rings. The Morgan fingerprint density at radius 2 is 0.947 bits per heavy atom. The minimum Gasteiger partial charge on any atom is -0.168 e. The van der Waals surface area contributed by atoms with Crippen molar-refractivity contribution in [2.24, 2.45) is 0 Å². The summed E-state index contributed by atoms with van der Waals surface area (Å²) < 4.78 is 0. The van der Waals surface area contributed by atoms with Gasteiger partial charge in [-0.2, -0.15) is 35.0 Å². The molecule has 0 atom stereocenters. The van der Waals surface area contributed by atoms with E-state index in [0.717, 1.165) is 0 Å². The quantitative estimate of drug-likeness (QED) is 0.351. The van der Waals surface area contributed by atoms with Crippen molar-refractivity contribution in [3.05, 3.63) is 84.9 Å². The third kappa shape index (κ3) is 3.22. The van der Waals surface area contributed by atoms with Crippen LogP contribution in [0.15, 0.2) is 84.9 Å². The molecule has 1 heteroatoms. The molecule has 92 valence electrons. The minimum absolute atomic E-state index is 0. The average Bonchev–Trinajstić information content (AvgIpc) is 3.08. The molecule has 0 N–H and O–H groups in total. The average molecular weight is 414 g/mol. The van der Waals surface area contributed by atoms with Gasteiger partial charge in [0.15, 0.2) is 0 Å². The van der Waals surface area contributed by atoms with Gasteiger partial charge >= 0.3 is 21.1 Å². The van der Waals surface area contributed by atoms with Gasteiger partial charge in [0, 0.05) is 0 Å². The summed E-state index contributed by atoms with van der Waals surface area (Å²) >= 11 is 0. The Hall–Kier alpha value is -1.65. The zero-order chi connectivity index (χ0) is 12.2. The summed E-state index contributed by atoms with van der Waals surface area (Å²) in [7, 11) is 0. The molecule has 4 aromatic rings. The normalized spacial score (nSPS) is 9.68. The fourth-order valence-corrected chi connectivity index (χ4v) is 2.14. The third-order valence-electron chi connectivity index (χ3n) is 3.10. The van der Waals surface area contributed by atoms with Gasteiger partial charge < -0.3 is 0 Å². The van der Waals surface area contributed by atoms with E-state index < -0.39 is 0 Å². The molecule has 0 aliphatic carbocycles. The molecule has 0 fully saturated rings. The minimum atomic E-state index is 0. The Balaban J connectivity index is 0.000000133. The maximum absolute atomic E-state index is 2.12. The number of hydrogen-bond donors (Lipinski definition) is 0. The SMILES string of the molecule is [W+2].c1ccc2[cH-]ccc2c1.c1ccc2[cH-]ccc2c1. The van der Waals surface area contributed by atoms with Crippen molar-refractivity contribution in [3.8, 4) is 0 Å². The van der Waals surface area contributed by atoms with Crippen LogP contribution < -0.4 is 0 Å². The van der Waals surface area contributed by atoms with Crippen LogP contribution in [0.2, 0.25) is 0 Å². The summed E-state index contributed by atoms with van der Waals surface area (Å²) in [4.78, 5) is 0. The molecule has 0 heterocycles. The first-order valence-corrected chi connectivity index (χ1v) is 6.14. The first-order chi connectivity index (χ1) is 8.93. The van der Waals surface area contributed by atoms with Gasteiger partial charge in [-0.1, -0.05) is 12.1 Å². The van der Waals surface area contributed by atoms with Gasteiger partial charge in [0.1, 0.15) is 0 Å². The standard InChI is InChI=1S/2C9H7.W/c2*1-2-5-9-7-3-6-8(9)4-1;/h2*1-7H;/q2*-1;+2. The summed E-state index contributed by atoms with van der Waals surface area (Å²) in [6.45, 7) is 0. The molecule has 0 saturated heterocycles. The topological polar surface area (TPSA) is 0 Å². The molecule has 0 aliphatic heterocycles. The van der Waals surface area contributed by atoms with Crippen molar-refractivity contribution >= 4 is 21.5 Å². The maximum Gasteiger partial charge on any atom is 2.00 e. The Morgan fingerprint density at radius 1 is 0.526 bits per heavy atom. The van der Waals surface area contributed by atoms with Gasteiger partial charge in [-0.3, -0.25) is 0 Å². The van der Waals surface area contributed by atoms with Crippen LogP contribution in [0, 0.1) is 0 Å². The van der Waals surface area contributed by atoms with Gasteiger partial charge in [-0.15, -0.1) is 59.3 Å². The van der Waals surface area contributed by atoms with Crippen LogP contribution in [0.4, 0.5) is 0 Å². The molecule has 19 heavy (non-hydrogen) atoms. The molecule has 0 unspecified atom stereocenters. The zero-order valence-electron chi connectivity index (χ0n) is 10.5. The van der Waals surface area contributed by atoms with E-state index >= 15 is 0 Å². The van der Waals surface area contributed by atoms with E-state index in [-0.39, 0.29) is 21.1 Å². The second kappa shape index (κ2) is 6.50. The molecular formula is C18H14W. The largest absolute Gasteiger partial charge is 2.00 e. The predicted molar refractivity (Wildman–Crippen MR) is 79.1 cm³/mol. The molecule has 0 nitrogen and oxygen atoms in total. The molecule has 0 saturated carbocycles. The van der Waals surface area contributed by atoms with E-state index in [0.29, 0.717) is 0 Å². The first-order valence-electron chi connectivity index (χ1n) is 6.14. The van der Waals surface area contributed by atoms with Crippen molar-refractivity contribution in [1.82, 2.24) is 0 Å². The van der Waals surface area contributed by atoms with E-state index in [1.165, 1.54) is 21.5 Å². The van der Waals surface area contributed by atoms with Crippen molar-refractivity contribution in [2.75, 3.05) is 0 Å². The van der Waals surface area contributed by atoms with E-state index in [2.05, 4.69) is 84.9 Å². The predicted octanol–water partition coefficient (Wildman–Crippen LogP) is 5.11. The van der Waals surface area contributed by atoms with Crippen LogP contribution in [0.1, 0.15) is 0 Å². The van der Waals surface area contributed by atoms with Crippen LogP contribution in [-0.2, 0) is 21.1 Å². The van der Waals surface area contributed by atoms with Crippen LogP contribution >= 0.6 is 0 Å². The monoisotopic (exact) mass is 414 g/mol. The van der Waals surface area contributed by atoms with Gasteiger partial charge in [-0.05, 0) is 0 Å². The molecule has 0 radical (unpaired) electrons. The molecule has 0 aromatic heterocycles. The summed E-state index contributed by atoms with van der Waals surface area (Å²) in [6.07, 6.45) is 0. The van der Waals surface area contributed by atoms with E-state index in [1.54, 1.807) is 0 Å². The maximum atomic E-state index is 2.12. The van der Waals surface area contributed by atoms with E-state index in [4.69, 9.17) is 0 Å². The van der Waals surface area contributed by atoms with Gasteiger partial charge in [0.25, 0.3) is 0 Å². The summed E-state index contributed by atoms with van der Waals surface area (Å²) in [5.74, 6) is 0. The summed E-state index contributed by atoms with van der Waals surface area (Å²) in [6, 6.07) is 29.3. The van der Waals surface area contributed by atoms with Crippen molar-refractivity contribution in [3.63, 3.8) is 0 Å². The first kappa shape index (κ1) is 13.8. The molecule has 0 amide bonds. The smallest absolute Gasteiger partial charge is 0.168 e. The number of benzene rings is 2. The van der Waals surface area contributed by atoms with Crippen LogP contribution in [0.3, 0.4) is 0 Å². The number of hydrogen-bond acceptors (Lipinski definition) is 0.